The number of nitrogens with one attached hydrogen (secondary N) is 2. The largest absolute Gasteiger partial charge is 0.490 e. The second-order valence-corrected chi connectivity index (χ2v) is 7.16. The molecular weight excluding hydrogens is 366 g/mol. The number of hydrogen-bond acceptors (Lipinski definition) is 5. The number of rotatable bonds is 7. The molecule has 0 spiro atoms. The van der Waals surface area contributed by atoms with Gasteiger partial charge in [-0.25, -0.2) is 4.98 Å². The van der Waals surface area contributed by atoms with Crippen molar-refractivity contribution in [2.45, 2.75) is 32.0 Å². The highest BCUT2D eigenvalue weighted by Crippen LogP contribution is 2.20. The topological polar surface area (TPSA) is 83.1 Å². The molecule has 0 aliphatic carbocycles. The average Bonchev–Trinajstić information content (AvgIpc) is 3.28. The zero-order valence-electron chi connectivity index (χ0n) is 16.3. The van der Waals surface area contributed by atoms with Crippen LogP contribution in [0.15, 0.2) is 61.1 Å². The lowest BCUT2D eigenvalue weighted by molar-refractivity contribution is 0.0945. The number of H-pyrrole nitrogens is 1. The predicted octanol–water partition coefficient (Wildman–Crippen LogP) is 2.78. The number of carbonyl (C=O) groups excluding carboxylic acids is 1. The maximum atomic E-state index is 12.3. The van der Waals surface area contributed by atoms with Gasteiger partial charge in [-0.15, -0.1) is 0 Å². The molecule has 1 aromatic carbocycles. The number of carbonyl (C=O) groups is 1. The smallest absolute Gasteiger partial charge is 0.251 e. The van der Waals surface area contributed by atoms with Crippen molar-refractivity contribution in [3.63, 3.8) is 0 Å². The second kappa shape index (κ2) is 9.34. The van der Waals surface area contributed by atoms with E-state index in [1.54, 1.807) is 24.5 Å². The van der Waals surface area contributed by atoms with Crippen molar-refractivity contribution in [3.8, 4) is 5.75 Å². The molecule has 0 bridgehead atoms. The van der Waals surface area contributed by atoms with Crippen LogP contribution in [0.4, 0.5) is 0 Å². The minimum absolute atomic E-state index is 0.117. The van der Waals surface area contributed by atoms with Crippen molar-refractivity contribution < 1.29 is 9.53 Å². The fourth-order valence-corrected chi connectivity index (χ4v) is 3.43. The van der Waals surface area contributed by atoms with Gasteiger partial charge in [0, 0.05) is 37.2 Å². The van der Waals surface area contributed by atoms with Gasteiger partial charge in [0.15, 0.2) is 0 Å². The lowest BCUT2D eigenvalue weighted by Gasteiger charge is -2.31. The summed E-state index contributed by atoms with van der Waals surface area (Å²) in [7, 11) is 0. The Hall–Kier alpha value is -3.19. The van der Waals surface area contributed by atoms with Crippen molar-refractivity contribution in [1.82, 2.24) is 25.2 Å². The maximum Gasteiger partial charge on any atom is 0.251 e. The van der Waals surface area contributed by atoms with Gasteiger partial charge in [0.25, 0.3) is 5.91 Å². The van der Waals surface area contributed by atoms with Crippen molar-refractivity contribution in [2.24, 2.45) is 0 Å². The van der Waals surface area contributed by atoms with E-state index in [0.29, 0.717) is 12.1 Å². The summed E-state index contributed by atoms with van der Waals surface area (Å²) >= 11 is 0. The third-order valence-electron chi connectivity index (χ3n) is 5.04. The highest BCUT2D eigenvalue weighted by Gasteiger charge is 2.21. The SMILES string of the molecule is O=C(NCc1ccccn1)c1ccc(OC2CCN(Cc3ncc[nH]3)CC2)cc1. The van der Waals surface area contributed by atoms with Crippen molar-refractivity contribution in [2.75, 3.05) is 13.1 Å². The third-order valence-corrected chi connectivity index (χ3v) is 5.04. The fraction of sp³-hybridized carbons (Fsp3) is 0.318. The molecule has 150 valence electrons. The molecule has 7 heteroatoms. The molecule has 1 aliphatic heterocycles. The molecule has 2 N–H and O–H groups in total. The molecule has 4 rings (SSSR count). The summed E-state index contributed by atoms with van der Waals surface area (Å²) in [5.41, 5.74) is 1.45. The molecule has 29 heavy (non-hydrogen) atoms. The van der Waals surface area contributed by atoms with E-state index in [1.165, 1.54) is 0 Å². The highest BCUT2D eigenvalue weighted by atomic mass is 16.5. The van der Waals surface area contributed by atoms with E-state index in [0.717, 1.165) is 49.7 Å². The molecule has 3 aromatic rings. The number of aromatic amines is 1. The molecule has 1 amide bonds. The summed E-state index contributed by atoms with van der Waals surface area (Å²) in [5, 5.41) is 2.88. The number of likely N-dealkylation sites (tertiary alicyclic amines) is 1. The van der Waals surface area contributed by atoms with Gasteiger partial charge in [-0.3, -0.25) is 14.7 Å². The van der Waals surface area contributed by atoms with Gasteiger partial charge in [-0.1, -0.05) is 6.07 Å². The van der Waals surface area contributed by atoms with Crippen LogP contribution in [0.3, 0.4) is 0 Å². The van der Waals surface area contributed by atoms with Crippen molar-refractivity contribution >= 4 is 5.91 Å². The summed E-state index contributed by atoms with van der Waals surface area (Å²) < 4.78 is 6.11. The lowest BCUT2D eigenvalue weighted by Crippen LogP contribution is -2.38. The van der Waals surface area contributed by atoms with Crippen LogP contribution < -0.4 is 10.1 Å². The van der Waals surface area contributed by atoms with E-state index < -0.39 is 0 Å². The van der Waals surface area contributed by atoms with Crippen LogP contribution in [-0.4, -0.2) is 45.0 Å². The first-order chi connectivity index (χ1) is 14.3. The fourth-order valence-electron chi connectivity index (χ4n) is 3.43. The number of piperidine rings is 1. The number of amides is 1. The quantitative estimate of drug-likeness (QED) is 0.647. The Balaban J connectivity index is 1.23. The van der Waals surface area contributed by atoms with Crippen LogP contribution in [-0.2, 0) is 13.1 Å². The molecule has 2 aromatic heterocycles. The normalized spacial score (nSPS) is 15.2. The molecular formula is C22H25N5O2. The number of ether oxygens (including phenoxy) is 1. The zero-order valence-corrected chi connectivity index (χ0v) is 16.3. The number of pyridine rings is 1. The summed E-state index contributed by atoms with van der Waals surface area (Å²) in [4.78, 5) is 26.3. The number of imidazole rings is 1. The summed E-state index contributed by atoms with van der Waals surface area (Å²) in [6.45, 7) is 3.23. The van der Waals surface area contributed by atoms with E-state index >= 15 is 0 Å². The van der Waals surface area contributed by atoms with Gasteiger partial charge < -0.3 is 15.0 Å². The summed E-state index contributed by atoms with van der Waals surface area (Å²) in [6, 6.07) is 13.0. The third kappa shape index (κ3) is 5.42. The standard InChI is InChI=1S/C22H25N5O2/c28-22(26-15-18-3-1-2-10-23-18)17-4-6-19(7-5-17)29-20-8-13-27(14-9-20)16-21-24-11-12-25-21/h1-7,10-12,20H,8-9,13-16H2,(H,24,25)(H,26,28). The first-order valence-corrected chi connectivity index (χ1v) is 9.92. The molecule has 0 saturated carbocycles. The molecule has 7 nitrogen and oxygen atoms in total. The van der Waals surface area contributed by atoms with Gasteiger partial charge in [-0.2, -0.15) is 0 Å². The number of aromatic nitrogens is 3. The molecule has 0 atom stereocenters. The Morgan fingerprint density at radius 3 is 2.62 bits per heavy atom. The summed E-state index contributed by atoms with van der Waals surface area (Å²) in [6.07, 6.45) is 7.52. The predicted molar refractivity (Wildman–Crippen MR) is 109 cm³/mol. The van der Waals surface area contributed by atoms with E-state index in [9.17, 15) is 4.79 Å². The van der Waals surface area contributed by atoms with Crippen molar-refractivity contribution in [3.05, 3.63) is 78.1 Å². The van der Waals surface area contributed by atoms with Crippen LogP contribution in [0, 0.1) is 0 Å². The average molecular weight is 391 g/mol. The minimum atomic E-state index is -0.117. The summed E-state index contributed by atoms with van der Waals surface area (Å²) in [5.74, 6) is 1.69. The molecule has 3 heterocycles. The number of nitrogens with zero attached hydrogens (tertiary/aromatic N) is 3. The van der Waals surface area contributed by atoms with Gasteiger partial charge in [0.05, 0.1) is 18.8 Å². The monoisotopic (exact) mass is 391 g/mol. The van der Waals surface area contributed by atoms with Crippen molar-refractivity contribution in [1.29, 1.82) is 0 Å². The highest BCUT2D eigenvalue weighted by molar-refractivity contribution is 5.94. The van der Waals surface area contributed by atoms with Gasteiger partial charge in [-0.05, 0) is 49.2 Å². The first-order valence-electron chi connectivity index (χ1n) is 9.92. The van der Waals surface area contributed by atoms with Crippen LogP contribution >= 0.6 is 0 Å². The van der Waals surface area contributed by atoms with E-state index in [4.69, 9.17) is 4.74 Å². The Bertz CT molecular complexity index is 889. The van der Waals surface area contributed by atoms with E-state index in [1.807, 2.05) is 36.5 Å². The maximum absolute atomic E-state index is 12.3. The second-order valence-electron chi connectivity index (χ2n) is 7.16. The van der Waals surface area contributed by atoms with Gasteiger partial charge in [0.2, 0.25) is 0 Å². The minimum Gasteiger partial charge on any atom is -0.490 e. The van der Waals surface area contributed by atoms with E-state index in [-0.39, 0.29) is 12.0 Å². The number of hydrogen-bond donors (Lipinski definition) is 2. The zero-order chi connectivity index (χ0) is 19.9. The Kier molecular flexibility index (Phi) is 6.16. The Morgan fingerprint density at radius 2 is 1.93 bits per heavy atom. The van der Waals surface area contributed by atoms with Crippen LogP contribution in [0.25, 0.3) is 0 Å². The Labute approximate surface area is 170 Å². The Morgan fingerprint density at radius 1 is 1.10 bits per heavy atom. The van der Waals surface area contributed by atoms with E-state index in [2.05, 4.69) is 25.2 Å². The molecule has 1 fully saturated rings. The molecule has 1 saturated heterocycles. The number of benzene rings is 1. The van der Waals surface area contributed by atoms with Crippen LogP contribution in [0.2, 0.25) is 0 Å². The lowest BCUT2D eigenvalue weighted by atomic mass is 10.1. The molecule has 0 radical (unpaired) electrons. The van der Waals surface area contributed by atoms with Gasteiger partial charge in [0.1, 0.15) is 17.7 Å². The molecule has 1 aliphatic rings. The molecule has 0 unspecified atom stereocenters. The van der Waals surface area contributed by atoms with Gasteiger partial charge >= 0.3 is 0 Å². The van der Waals surface area contributed by atoms with Crippen LogP contribution in [0.5, 0.6) is 5.75 Å². The first kappa shape index (κ1) is 19.1. The van der Waals surface area contributed by atoms with Crippen LogP contribution in [0.1, 0.15) is 34.7 Å².